The van der Waals surface area contributed by atoms with Crippen molar-refractivity contribution in [1.82, 2.24) is 0 Å². The predicted molar refractivity (Wildman–Crippen MR) is 68.4 cm³/mol. The smallest absolute Gasteiger partial charge is 0.101 e. The van der Waals surface area contributed by atoms with Gasteiger partial charge in [0.1, 0.15) is 6.07 Å². The van der Waals surface area contributed by atoms with Crippen LogP contribution in [0.4, 0.5) is 5.69 Å². The lowest BCUT2D eigenvalue weighted by atomic mass is 10.1. The predicted octanol–water partition coefficient (Wildman–Crippen LogP) is 2.83. The van der Waals surface area contributed by atoms with E-state index in [2.05, 4.69) is 11.0 Å². The highest BCUT2D eigenvalue weighted by Crippen LogP contribution is 2.31. The summed E-state index contributed by atoms with van der Waals surface area (Å²) >= 11 is 6.20. The Morgan fingerprint density at radius 3 is 2.76 bits per heavy atom. The van der Waals surface area contributed by atoms with Crippen molar-refractivity contribution in [2.24, 2.45) is 0 Å². The summed E-state index contributed by atoms with van der Waals surface area (Å²) in [6.07, 6.45) is 1.96. The number of hydrogen-bond acceptors (Lipinski definition) is 3. The maximum absolute atomic E-state index is 9.13. The third-order valence-electron chi connectivity index (χ3n) is 3.20. The monoisotopic (exact) mass is 250 g/mol. The van der Waals surface area contributed by atoms with Crippen LogP contribution in [0.3, 0.4) is 0 Å². The van der Waals surface area contributed by atoms with Crippen LogP contribution in [0.25, 0.3) is 0 Å². The molecule has 1 fully saturated rings. The summed E-state index contributed by atoms with van der Waals surface area (Å²) in [6.45, 7) is 1.56. The lowest BCUT2D eigenvalue weighted by Crippen LogP contribution is -2.37. The van der Waals surface area contributed by atoms with Crippen LogP contribution in [0.1, 0.15) is 18.4 Å². The Morgan fingerprint density at radius 2 is 2.12 bits per heavy atom. The first kappa shape index (κ1) is 12.2. The van der Waals surface area contributed by atoms with Gasteiger partial charge in [0.05, 0.1) is 16.3 Å². The summed E-state index contributed by atoms with van der Waals surface area (Å²) in [5, 5.41) is 9.77. The summed E-state index contributed by atoms with van der Waals surface area (Å²) in [7, 11) is 2.00. The first-order valence-corrected chi connectivity index (χ1v) is 6.11. The molecule has 0 N–H and O–H groups in total. The molecule has 1 aliphatic heterocycles. The van der Waals surface area contributed by atoms with Crippen molar-refractivity contribution in [3.8, 4) is 6.07 Å². The van der Waals surface area contributed by atoms with Crippen molar-refractivity contribution in [2.45, 2.75) is 18.9 Å². The summed E-state index contributed by atoms with van der Waals surface area (Å²) < 4.78 is 5.35. The molecule has 0 unspecified atom stereocenters. The molecule has 3 nitrogen and oxygen atoms in total. The van der Waals surface area contributed by atoms with Gasteiger partial charge in [0.15, 0.2) is 0 Å². The fraction of sp³-hybridized carbons (Fsp3) is 0.462. The second kappa shape index (κ2) is 5.39. The average Bonchev–Trinajstić information content (AvgIpc) is 2.38. The Bertz CT molecular complexity index is 436. The number of nitriles is 1. The van der Waals surface area contributed by atoms with E-state index in [0.29, 0.717) is 16.6 Å². The Labute approximate surface area is 107 Å². The number of benzene rings is 1. The molecule has 2 rings (SSSR count). The highest BCUT2D eigenvalue weighted by atomic mass is 35.5. The van der Waals surface area contributed by atoms with Crippen LogP contribution in [0.2, 0.25) is 5.02 Å². The molecule has 17 heavy (non-hydrogen) atoms. The van der Waals surface area contributed by atoms with Crippen LogP contribution in [0.5, 0.6) is 0 Å². The minimum absolute atomic E-state index is 0.399. The molecule has 0 atom stereocenters. The number of para-hydroxylation sites is 1. The Balaban J connectivity index is 2.29. The van der Waals surface area contributed by atoms with Gasteiger partial charge in [-0.2, -0.15) is 5.26 Å². The van der Waals surface area contributed by atoms with Gasteiger partial charge in [-0.25, -0.2) is 0 Å². The Morgan fingerprint density at radius 1 is 1.41 bits per heavy atom. The summed E-state index contributed by atoms with van der Waals surface area (Å²) in [6, 6.07) is 8.04. The molecule has 4 heteroatoms. The van der Waals surface area contributed by atoms with E-state index in [1.807, 2.05) is 19.2 Å². The SMILES string of the molecule is CN(c1c(Cl)cccc1C#N)C1CCOCC1. The van der Waals surface area contributed by atoms with Gasteiger partial charge in [-0.1, -0.05) is 17.7 Å². The fourth-order valence-corrected chi connectivity index (χ4v) is 2.53. The second-order valence-corrected chi connectivity index (χ2v) is 4.61. The highest BCUT2D eigenvalue weighted by molar-refractivity contribution is 6.33. The third-order valence-corrected chi connectivity index (χ3v) is 3.50. The van der Waals surface area contributed by atoms with Gasteiger partial charge < -0.3 is 9.64 Å². The van der Waals surface area contributed by atoms with Crippen molar-refractivity contribution in [1.29, 1.82) is 5.26 Å². The molecule has 0 aromatic heterocycles. The number of rotatable bonds is 2. The van der Waals surface area contributed by atoms with Crippen LogP contribution in [-0.4, -0.2) is 26.3 Å². The van der Waals surface area contributed by atoms with Crippen LogP contribution in [0.15, 0.2) is 18.2 Å². The summed E-state index contributed by atoms with van der Waals surface area (Å²) in [5.74, 6) is 0. The standard InChI is InChI=1S/C13H15ClN2O/c1-16(11-5-7-17-8-6-11)13-10(9-15)3-2-4-12(13)14/h2-4,11H,5-8H2,1H3. The second-order valence-electron chi connectivity index (χ2n) is 4.20. The zero-order chi connectivity index (χ0) is 12.3. The number of hydrogen-bond donors (Lipinski definition) is 0. The first-order chi connectivity index (χ1) is 8.24. The number of halogens is 1. The maximum atomic E-state index is 9.13. The molecule has 0 aliphatic carbocycles. The van der Waals surface area contributed by atoms with E-state index >= 15 is 0 Å². The molecule has 0 amide bonds. The Kier molecular flexibility index (Phi) is 3.88. The molecule has 0 spiro atoms. The van der Waals surface area contributed by atoms with Crippen molar-refractivity contribution in [3.63, 3.8) is 0 Å². The molecule has 1 heterocycles. The topological polar surface area (TPSA) is 36.3 Å². The fourth-order valence-electron chi connectivity index (χ4n) is 2.22. The molecule has 0 bridgehead atoms. The van der Waals surface area contributed by atoms with Gasteiger partial charge in [-0.05, 0) is 25.0 Å². The molecule has 0 saturated carbocycles. The molecular formula is C13H15ClN2O. The van der Waals surface area contributed by atoms with Crippen molar-refractivity contribution in [3.05, 3.63) is 28.8 Å². The third kappa shape index (κ3) is 2.54. The van der Waals surface area contributed by atoms with E-state index in [-0.39, 0.29) is 0 Å². The highest BCUT2D eigenvalue weighted by Gasteiger charge is 2.22. The van der Waals surface area contributed by atoms with E-state index in [1.54, 1.807) is 6.07 Å². The molecule has 1 aliphatic rings. The van der Waals surface area contributed by atoms with Gasteiger partial charge in [-0.15, -0.1) is 0 Å². The van der Waals surface area contributed by atoms with Gasteiger partial charge in [0.2, 0.25) is 0 Å². The average molecular weight is 251 g/mol. The van der Waals surface area contributed by atoms with Crippen LogP contribution >= 0.6 is 11.6 Å². The molecule has 0 radical (unpaired) electrons. The van der Waals surface area contributed by atoms with E-state index in [0.717, 1.165) is 31.7 Å². The summed E-state index contributed by atoms with van der Waals surface area (Å²) in [4.78, 5) is 2.11. The zero-order valence-corrected chi connectivity index (χ0v) is 10.6. The summed E-state index contributed by atoms with van der Waals surface area (Å²) in [5.41, 5.74) is 1.47. The van der Waals surface area contributed by atoms with Crippen LogP contribution in [-0.2, 0) is 4.74 Å². The molecule has 90 valence electrons. The quantitative estimate of drug-likeness (QED) is 0.810. The van der Waals surface area contributed by atoms with Gasteiger partial charge in [0.25, 0.3) is 0 Å². The van der Waals surface area contributed by atoms with Crippen molar-refractivity contribution >= 4 is 17.3 Å². The Hall–Kier alpha value is -1.24. The minimum Gasteiger partial charge on any atom is -0.381 e. The first-order valence-electron chi connectivity index (χ1n) is 5.73. The van der Waals surface area contributed by atoms with Gasteiger partial charge >= 0.3 is 0 Å². The molecule has 1 saturated heterocycles. The molecule has 1 aromatic carbocycles. The number of nitrogens with zero attached hydrogens (tertiary/aromatic N) is 2. The lowest BCUT2D eigenvalue weighted by molar-refractivity contribution is 0.0855. The van der Waals surface area contributed by atoms with Gasteiger partial charge in [-0.3, -0.25) is 0 Å². The minimum atomic E-state index is 0.399. The number of anilines is 1. The van der Waals surface area contributed by atoms with E-state index in [4.69, 9.17) is 21.6 Å². The van der Waals surface area contributed by atoms with E-state index < -0.39 is 0 Å². The molecular weight excluding hydrogens is 236 g/mol. The van der Waals surface area contributed by atoms with E-state index in [1.165, 1.54) is 0 Å². The van der Waals surface area contributed by atoms with E-state index in [9.17, 15) is 0 Å². The van der Waals surface area contributed by atoms with Gasteiger partial charge in [0, 0.05) is 26.3 Å². The lowest BCUT2D eigenvalue weighted by Gasteiger charge is -2.33. The van der Waals surface area contributed by atoms with Crippen molar-refractivity contribution < 1.29 is 4.74 Å². The van der Waals surface area contributed by atoms with Crippen LogP contribution in [0, 0.1) is 11.3 Å². The number of ether oxygens (including phenoxy) is 1. The van der Waals surface area contributed by atoms with Crippen LogP contribution < -0.4 is 4.90 Å². The van der Waals surface area contributed by atoms with Crippen molar-refractivity contribution in [2.75, 3.05) is 25.2 Å². The normalized spacial score (nSPS) is 16.5. The largest absolute Gasteiger partial charge is 0.381 e. The maximum Gasteiger partial charge on any atom is 0.101 e. The molecule has 1 aromatic rings. The zero-order valence-electron chi connectivity index (χ0n) is 9.82.